The van der Waals surface area contributed by atoms with Gasteiger partial charge in [-0.3, -0.25) is 9.59 Å². The summed E-state index contributed by atoms with van der Waals surface area (Å²) in [6.07, 6.45) is -0.453. The molecule has 0 aliphatic heterocycles. The van der Waals surface area contributed by atoms with E-state index in [2.05, 4.69) is 34.4 Å². The van der Waals surface area contributed by atoms with E-state index >= 15 is 0 Å². The Hall–Kier alpha value is -3.95. The Morgan fingerprint density at radius 2 is 1.53 bits per heavy atom. The summed E-state index contributed by atoms with van der Waals surface area (Å²) in [5.41, 5.74) is 2.46. The van der Waals surface area contributed by atoms with Crippen LogP contribution in [0, 0.1) is 5.92 Å². The number of hydrogen-bond donors (Lipinski definition) is 2. The van der Waals surface area contributed by atoms with Gasteiger partial charge in [0.05, 0.1) is 42.7 Å². The highest BCUT2D eigenvalue weighted by Gasteiger charge is 2.30. The van der Waals surface area contributed by atoms with Crippen molar-refractivity contribution in [3.05, 3.63) is 77.9 Å². The van der Waals surface area contributed by atoms with Crippen LogP contribution in [0.15, 0.2) is 60.9 Å². The molecule has 0 radical (unpaired) electrons. The Bertz CT molecular complexity index is 1200. The van der Waals surface area contributed by atoms with Gasteiger partial charge in [0.25, 0.3) is 5.91 Å². The van der Waals surface area contributed by atoms with E-state index in [1.807, 2.05) is 24.3 Å². The molecule has 0 spiro atoms. The van der Waals surface area contributed by atoms with Crippen LogP contribution in [0.1, 0.15) is 61.4 Å². The summed E-state index contributed by atoms with van der Waals surface area (Å²) < 4.78 is 43.4. The van der Waals surface area contributed by atoms with E-state index < -0.39 is 23.6 Å². The lowest BCUT2D eigenvalue weighted by Gasteiger charge is -2.22. The summed E-state index contributed by atoms with van der Waals surface area (Å²) in [5.74, 6) is -0.525. The third kappa shape index (κ3) is 8.29. The molecule has 2 aromatic carbocycles. The van der Waals surface area contributed by atoms with E-state index in [1.165, 1.54) is 24.5 Å². The van der Waals surface area contributed by atoms with Crippen molar-refractivity contribution in [3.8, 4) is 11.1 Å². The number of alkyl halides is 3. The minimum atomic E-state index is -4.37. The van der Waals surface area contributed by atoms with Gasteiger partial charge in [-0.1, -0.05) is 50.2 Å². The number of carbonyl (C=O) groups is 2. The van der Waals surface area contributed by atoms with Gasteiger partial charge < -0.3 is 15.4 Å². The van der Waals surface area contributed by atoms with Crippen LogP contribution in [-0.2, 0) is 15.7 Å². The number of nitrogens with zero attached hydrogens (tertiary/aromatic N) is 2. The first kappa shape index (κ1) is 28.6. The summed E-state index contributed by atoms with van der Waals surface area (Å²) in [7, 11) is 0. The number of anilines is 1. The fourth-order valence-electron chi connectivity index (χ4n) is 3.82. The van der Waals surface area contributed by atoms with Crippen molar-refractivity contribution in [2.24, 2.45) is 5.92 Å². The summed E-state index contributed by atoms with van der Waals surface area (Å²) in [4.78, 5) is 31.9. The lowest BCUT2D eigenvalue weighted by Crippen LogP contribution is -2.28. The minimum absolute atomic E-state index is 0.0132. The topological polar surface area (TPSA) is 93.2 Å². The van der Waals surface area contributed by atoms with Crippen LogP contribution < -0.4 is 10.6 Å². The number of halogens is 3. The summed E-state index contributed by atoms with van der Waals surface area (Å²) in [5, 5.41) is 5.99. The first-order valence-electron chi connectivity index (χ1n) is 12.4. The molecule has 3 rings (SSSR count). The second-order valence-electron chi connectivity index (χ2n) is 9.13. The molecule has 3 aromatic rings. The Labute approximate surface area is 219 Å². The molecule has 0 saturated carbocycles. The molecular weight excluding hydrogens is 497 g/mol. The van der Waals surface area contributed by atoms with Crippen molar-refractivity contribution in [2.75, 3.05) is 18.5 Å². The molecule has 1 heterocycles. The molecule has 0 aliphatic carbocycles. The average Bonchev–Trinajstić information content (AvgIpc) is 2.88. The first-order chi connectivity index (χ1) is 18.1. The van der Waals surface area contributed by atoms with Crippen molar-refractivity contribution < 1.29 is 27.5 Å². The zero-order valence-electron chi connectivity index (χ0n) is 21.5. The maximum Gasteiger partial charge on any atom is 0.416 e. The van der Waals surface area contributed by atoms with E-state index in [1.54, 1.807) is 6.92 Å². The number of hydrogen-bond acceptors (Lipinski definition) is 6. The van der Waals surface area contributed by atoms with Crippen LogP contribution in [0.4, 0.5) is 18.9 Å². The van der Waals surface area contributed by atoms with Gasteiger partial charge in [-0.25, -0.2) is 9.97 Å². The SMILES string of the molecule is CCOC(=O)CCNC(=O)c1ncc(N[C@@H](CC(C)C)c2ccc(-c3ccc(C(F)(F)F)cc3)cc2)cn1. The van der Waals surface area contributed by atoms with Crippen LogP contribution in [-0.4, -0.2) is 35.0 Å². The molecule has 0 unspecified atom stereocenters. The van der Waals surface area contributed by atoms with Crippen LogP contribution in [0.5, 0.6) is 0 Å². The molecule has 38 heavy (non-hydrogen) atoms. The molecule has 10 heteroatoms. The third-order valence-electron chi connectivity index (χ3n) is 5.68. The largest absolute Gasteiger partial charge is 0.466 e. The fraction of sp³-hybridized carbons (Fsp3) is 0.357. The molecule has 1 amide bonds. The van der Waals surface area contributed by atoms with E-state index in [9.17, 15) is 22.8 Å². The highest BCUT2D eigenvalue weighted by molar-refractivity contribution is 5.90. The van der Waals surface area contributed by atoms with Gasteiger partial charge in [0.15, 0.2) is 0 Å². The van der Waals surface area contributed by atoms with Crippen LogP contribution in [0.2, 0.25) is 0 Å². The molecule has 1 aromatic heterocycles. The molecule has 7 nitrogen and oxygen atoms in total. The Balaban J connectivity index is 1.66. The molecular formula is C28H31F3N4O3. The molecule has 0 aliphatic rings. The number of benzene rings is 2. The predicted molar refractivity (Wildman–Crippen MR) is 138 cm³/mol. The highest BCUT2D eigenvalue weighted by atomic mass is 19.4. The van der Waals surface area contributed by atoms with Crippen molar-refractivity contribution in [1.29, 1.82) is 0 Å². The van der Waals surface area contributed by atoms with Gasteiger partial charge in [0, 0.05) is 6.54 Å². The van der Waals surface area contributed by atoms with Crippen LogP contribution in [0.3, 0.4) is 0 Å². The zero-order chi connectivity index (χ0) is 27.7. The minimum Gasteiger partial charge on any atom is -0.466 e. The third-order valence-corrected chi connectivity index (χ3v) is 5.68. The van der Waals surface area contributed by atoms with Crippen molar-refractivity contribution >= 4 is 17.6 Å². The van der Waals surface area contributed by atoms with E-state index in [4.69, 9.17) is 4.74 Å². The number of nitrogens with one attached hydrogen (secondary N) is 2. The smallest absolute Gasteiger partial charge is 0.416 e. The molecule has 0 bridgehead atoms. The number of carbonyl (C=O) groups excluding carboxylic acids is 2. The monoisotopic (exact) mass is 528 g/mol. The van der Waals surface area contributed by atoms with Crippen molar-refractivity contribution in [1.82, 2.24) is 15.3 Å². The Morgan fingerprint density at radius 1 is 0.947 bits per heavy atom. The van der Waals surface area contributed by atoms with Crippen LogP contribution in [0.25, 0.3) is 11.1 Å². The van der Waals surface area contributed by atoms with Gasteiger partial charge in [-0.15, -0.1) is 0 Å². The predicted octanol–water partition coefficient (Wildman–Crippen LogP) is 6.04. The van der Waals surface area contributed by atoms with Gasteiger partial charge in [-0.2, -0.15) is 13.2 Å². The number of aromatic nitrogens is 2. The maximum absolute atomic E-state index is 12.9. The second-order valence-corrected chi connectivity index (χ2v) is 9.13. The zero-order valence-corrected chi connectivity index (χ0v) is 21.5. The number of rotatable bonds is 11. The quantitative estimate of drug-likeness (QED) is 0.295. The molecule has 0 saturated heterocycles. The highest BCUT2D eigenvalue weighted by Crippen LogP contribution is 2.32. The molecule has 1 atom stereocenters. The Morgan fingerprint density at radius 3 is 2.05 bits per heavy atom. The summed E-state index contributed by atoms with van der Waals surface area (Å²) in [6, 6.07) is 12.7. The number of esters is 1. The first-order valence-corrected chi connectivity index (χ1v) is 12.4. The number of amides is 1. The molecule has 0 fully saturated rings. The van der Waals surface area contributed by atoms with E-state index in [0.717, 1.165) is 29.7 Å². The second kappa shape index (κ2) is 13.0. The molecule has 2 N–H and O–H groups in total. The normalized spacial score (nSPS) is 12.2. The van der Waals surface area contributed by atoms with Crippen LogP contribution >= 0.6 is 0 Å². The summed E-state index contributed by atoms with van der Waals surface area (Å²) in [6.45, 7) is 6.33. The van der Waals surface area contributed by atoms with Gasteiger partial charge >= 0.3 is 12.1 Å². The average molecular weight is 529 g/mol. The van der Waals surface area contributed by atoms with Crippen molar-refractivity contribution in [2.45, 2.75) is 45.8 Å². The maximum atomic E-state index is 12.9. The van der Waals surface area contributed by atoms with Gasteiger partial charge in [0.2, 0.25) is 5.82 Å². The number of ether oxygens (including phenoxy) is 1. The fourth-order valence-corrected chi connectivity index (χ4v) is 3.82. The van der Waals surface area contributed by atoms with E-state index in [-0.39, 0.29) is 31.4 Å². The van der Waals surface area contributed by atoms with Gasteiger partial charge in [-0.05, 0) is 48.1 Å². The van der Waals surface area contributed by atoms with E-state index in [0.29, 0.717) is 17.2 Å². The standard InChI is InChI=1S/C28H31F3N4O3/c1-4-38-25(36)13-14-32-27(37)26-33-16-23(17-34-26)35-24(15-18(2)3)21-7-5-19(6-8-21)20-9-11-22(12-10-20)28(29,30)31/h5-12,16-18,24,35H,4,13-15H2,1-3H3,(H,32,37)/t24-/m0/s1. The molecule has 202 valence electrons. The summed E-state index contributed by atoms with van der Waals surface area (Å²) >= 11 is 0. The lowest BCUT2D eigenvalue weighted by atomic mass is 9.94. The van der Waals surface area contributed by atoms with Crippen molar-refractivity contribution in [3.63, 3.8) is 0 Å². The lowest BCUT2D eigenvalue weighted by molar-refractivity contribution is -0.143. The van der Waals surface area contributed by atoms with Gasteiger partial charge in [0.1, 0.15) is 0 Å². The Kier molecular flexibility index (Phi) is 9.81.